The largest absolute Gasteiger partial charge is 0.354 e. The standard InChI is InChI=1S/C28H33FN2O2/c1-4-26(28(33)30-18-20(2)3)31(19-21-12-15-24(29)16-13-21)27(32)17-14-23-10-7-9-22-8-5-6-11-25(22)23/h5-13,15-16,20,26H,4,14,17-19H2,1-3H3,(H,30,33)/t26-/m0/s1. The number of nitrogens with zero attached hydrogens (tertiary/aromatic N) is 1. The van der Waals surface area contributed by atoms with E-state index in [4.69, 9.17) is 0 Å². The number of rotatable bonds is 10. The minimum Gasteiger partial charge on any atom is -0.354 e. The number of hydrogen-bond acceptors (Lipinski definition) is 2. The molecule has 174 valence electrons. The molecule has 0 aliphatic carbocycles. The fraction of sp³-hybridized carbons (Fsp3) is 0.357. The van der Waals surface area contributed by atoms with Gasteiger partial charge in [0.25, 0.3) is 0 Å². The van der Waals surface area contributed by atoms with Gasteiger partial charge in [-0.25, -0.2) is 4.39 Å². The lowest BCUT2D eigenvalue weighted by Crippen LogP contribution is -2.49. The second-order valence-electron chi connectivity index (χ2n) is 8.85. The summed E-state index contributed by atoms with van der Waals surface area (Å²) >= 11 is 0. The molecule has 0 spiro atoms. The first-order valence-electron chi connectivity index (χ1n) is 11.7. The molecule has 0 unspecified atom stereocenters. The third-order valence-corrected chi connectivity index (χ3v) is 5.82. The second kappa shape index (κ2) is 11.6. The highest BCUT2D eigenvalue weighted by Crippen LogP contribution is 2.21. The summed E-state index contributed by atoms with van der Waals surface area (Å²) < 4.78 is 13.4. The molecular weight excluding hydrogens is 415 g/mol. The molecule has 2 amide bonds. The molecular formula is C28H33FN2O2. The average Bonchev–Trinajstić information content (AvgIpc) is 2.82. The first-order valence-corrected chi connectivity index (χ1v) is 11.7. The van der Waals surface area contributed by atoms with E-state index in [1.165, 1.54) is 12.1 Å². The van der Waals surface area contributed by atoms with Gasteiger partial charge in [-0.15, -0.1) is 0 Å². The Balaban J connectivity index is 1.81. The van der Waals surface area contributed by atoms with Crippen LogP contribution in [0.5, 0.6) is 0 Å². The van der Waals surface area contributed by atoms with E-state index in [-0.39, 0.29) is 24.2 Å². The summed E-state index contributed by atoms with van der Waals surface area (Å²) in [6.45, 7) is 6.81. The zero-order valence-corrected chi connectivity index (χ0v) is 19.7. The van der Waals surface area contributed by atoms with E-state index in [1.807, 2.05) is 45.0 Å². The minimum absolute atomic E-state index is 0.0844. The quantitative estimate of drug-likeness (QED) is 0.446. The van der Waals surface area contributed by atoms with Crippen LogP contribution in [-0.2, 0) is 22.6 Å². The number of aryl methyl sites for hydroxylation is 1. The first-order chi connectivity index (χ1) is 15.9. The molecule has 0 radical (unpaired) electrons. The van der Waals surface area contributed by atoms with Crippen molar-refractivity contribution in [1.82, 2.24) is 10.2 Å². The maximum absolute atomic E-state index is 13.4. The molecule has 0 heterocycles. The molecule has 0 saturated heterocycles. The summed E-state index contributed by atoms with van der Waals surface area (Å²) in [5.41, 5.74) is 1.91. The van der Waals surface area contributed by atoms with Gasteiger partial charge in [-0.3, -0.25) is 9.59 Å². The van der Waals surface area contributed by atoms with E-state index in [9.17, 15) is 14.0 Å². The van der Waals surface area contributed by atoms with Gasteiger partial charge in [0.1, 0.15) is 11.9 Å². The Morgan fingerprint density at radius 3 is 2.36 bits per heavy atom. The van der Waals surface area contributed by atoms with Crippen molar-refractivity contribution >= 4 is 22.6 Å². The van der Waals surface area contributed by atoms with Gasteiger partial charge in [0, 0.05) is 19.5 Å². The highest BCUT2D eigenvalue weighted by atomic mass is 19.1. The number of halogens is 1. The van der Waals surface area contributed by atoms with Crippen LogP contribution in [0.1, 0.15) is 44.7 Å². The Morgan fingerprint density at radius 1 is 0.970 bits per heavy atom. The lowest BCUT2D eigenvalue weighted by molar-refractivity contribution is -0.141. The minimum atomic E-state index is -0.575. The normalized spacial score (nSPS) is 12.0. The molecule has 3 aromatic rings. The maximum atomic E-state index is 13.4. The Bertz CT molecular complexity index is 1070. The molecule has 3 rings (SSSR count). The fourth-order valence-electron chi connectivity index (χ4n) is 4.02. The molecule has 5 heteroatoms. The van der Waals surface area contributed by atoms with Crippen LogP contribution < -0.4 is 5.32 Å². The van der Waals surface area contributed by atoms with Crippen LogP contribution in [-0.4, -0.2) is 29.3 Å². The van der Waals surface area contributed by atoms with Gasteiger partial charge >= 0.3 is 0 Å². The summed E-state index contributed by atoms with van der Waals surface area (Å²) in [6, 6.07) is 19.8. The lowest BCUT2D eigenvalue weighted by atomic mass is 10.00. The van der Waals surface area contributed by atoms with Gasteiger partial charge in [-0.1, -0.05) is 75.4 Å². The van der Waals surface area contributed by atoms with E-state index >= 15 is 0 Å². The highest BCUT2D eigenvalue weighted by Gasteiger charge is 2.28. The Kier molecular flexibility index (Phi) is 8.58. The molecule has 0 bridgehead atoms. The number of hydrogen-bond donors (Lipinski definition) is 1. The lowest BCUT2D eigenvalue weighted by Gasteiger charge is -2.31. The molecule has 0 fully saturated rings. The zero-order valence-electron chi connectivity index (χ0n) is 19.7. The van der Waals surface area contributed by atoms with Gasteiger partial charge < -0.3 is 10.2 Å². The summed E-state index contributed by atoms with van der Waals surface area (Å²) in [5, 5.41) is 5.25. The Morgan fingerprint density at radius 2 is 1.67 bits per heavy atom. The maximum Gasteiger partial charge on any atom is 0.242 e. The van der Waals surface area contributed by atoms with E-state index < -0.39 is 6.04 Å². The van der Waals surface area contributed by atoms with Crippen LogP contribution in [0.3, 0.4) is 0 Å². The topological polar surface area (TPSA) is 49.4 Å². The smallest absolute Gasteiger partial charge is 0.242 e. The van der Waals surface area contributed by atoms with Crippen molar-refractivity contribution in [2.75, 3.05) is 6.54 Å². The Labute approximate surface area is 195 Å². The van der Waals surface area contributed by atoms with Gasteiger partial charge in [0.15, 0.2) is 0 Å². The number of carbonyl (C=O) groups is 2. The van der Waals surface area contributed by atoms with Crippen molar-refractivity contribution in [1.29, 1.82) is 0 Å². The number of fused-ring (bicyclic) bond motifs is 1. The van der Waals surface area contributed by atoms with Crippen molar-refractivity contribution in [3.8, 4) is 0 Å². The van der Waals surface area contributed by atoms with Gasteiger partial charge in [0.05, 0.1) is 0 Å². The number of benzene rings is 3. The van der Waals surface area contributed by atoms with E-state index in [0.717, 1.165) is 21.9 Å². The van der Waals surface area contributed by atoms with E-state index in [0.29, 0.717) is 31.7 Å². The SMILES string of the molecule is CC[C@@H](C(=O)NCC(C)C)N(Cc1ccc(F)cc1)C(=O)CCc1cccc2ccccc12. The molecule has 1 N–H and O–H groups in total. The van der Waals surface area contributed by atoms with Crippen molar-refractivity contribution < 1.29 is 14.0 Å². The molecule has 4 nitrogen and oxygen atoms in total. The second-order valence-corrected chi connectivity index (χ2v) is 8.85. The number of carbonyl (C=O) groups excluding carboxylic acids is 2. The Hall–Kier alpha value is -3.21. The fourth-order valence-corrected chi connectivity index (χ4v) is 4.02. The van der Waals surface area contributed by atoms with E-state index in [1.54, 1.807) is 17.0 Å². The van der Waals surface area contributed by atoms with Crippen LogP contribution >= 0.6 is 0 Å². The van der Waals surface area contributed by atoms with Gasteiger partial charge in [0.2, 0.25) is 11.8 Å². The summed E-state index contributed by atoms with van der Waals surface area (Å²) in [4.78, 5) is 28.0. The van der Waals surface area contributed by atoms with Gasteiger partial charge in [-0.05, 0) is 52.8 Å². The monoisotopic (exact) mass is 448 g/mol. The van der Waals surface area contributed by atoms with Crippen LogP contribution in [0.25, 0.3) is 10.8 Å². The predicted octanol–water partition coefficient (Wildman–Crippen LogP) is 5.49. The summed E-state index contributed by atoms with van der Waals surface area (Å²) in [5.74, 6) is -0.237. The predicted molar refractivity (Wildman–Crippen MR) is 131 cm³/mol. The average molecular weight is 449 g/mol. The molecule has 0 aromatic heterocycles. The third-order valence-electron chi connectivity index (χ3n) is 5.82. The van der Waals surface area contributed by atoms with Crippen molar-refractivity contribution in [2.24, 2.45) is 5.92 Å². The van der Waals surface area contributed by atoms with Crippen LogP contribution in [0, 0.1) is 11.7 Å². The molecule has 33 heavy (non-hydrogen) atoms. The first kappa shape index (κ1) is 24.4. The molecule has 0 aliphatic rings. The highest BCUT2D eigenvalue weighted by molar-refractivity contribution is 5.89. The van der Waals surface area contributed by atoms with Crippen molar-refractivity contribution in [3.05, 3.63) is 83.7 Å². The van der Waals surface area contributed by atoms with Crippen molar-refractivity contribution in [2.45, 2.75) is 52.6 Å². The van der Waals surface area contributed by atoms with Crippen LogP contribution in [0.2, 0.25) is 0 Å². The molecule has 1 atom stereocenters. The number of nitrogens with one attached hydrogen (secondary N) is 1. The zero-order chi connectivity index (χ0) is 23.8. The van der Waals surface area contributed by atoms with Crippen LogP contribution in [0.15, 0.2) is 66.7 Å². The van der Waals surface area contributed by atoms with Gasteiger partial charge in [-0.2, -0.15) is 0 Å². The molecule has 3 aromatic carbocycles. The van der Waals surface area contributed by atoms with Crippen molar-refractivity contribution in [3.63, 3.8) is 0 Å². The summed E-state index contributed by atoms with van der Waals surface area (Å²) in [6.07, 6.45) is 1.39. The third kappa shape index (κ3) is 6.64. The summed E-state index contributed by atoms with van der Waals surface area (Å²) in [7, 11) is 0. The molecule has 0 aliphatic heterocycles. The number of amides is 2. The van der Waals surface area contributed by atoms with E-state index in [2.05, 4.69) is 23.5 Å². The van der Waals surface area contributed by atoms with Crippen LogP contribution in [0.4, 0.5) is 4.39 Å². The molecule has 0 saturated carbocycles.